The molecule has 0 aromatic carbocycles. The monoisotopic (exact) mass is 377 g/mol. The molecular formula is C17H23N5OS2. The summed E-state index contributed by atoms with van der Waals surface area (Å²) in [5.74, 6) is 0. The maximum atomic E-state index is 12.4. The Morgan fingerprint density at radius 3 is 2.84 bits per heavy atom. The number of hydrogen-bond donors (Lipinski definition) is 1. The number of piperazine rings is 1. The molecule has 0 unspecified atom stereocenters. The minimum absolute atomic E-state index is 0.0621. The van der Waals surface area contributed by atoms with Gasteiger partial charge in [0.15, 0.2) is 5.13 Å². The molecule has 2 aromatic heterocycles. The second-order valence-electron chi connectivity index (χ2n) is 6.42. The summed E-state index contributed by atoms with van der Waals surface area (Å²) in [4.78, 5) is 24.8. The molecule has 2 aromatic rings. The molecule has 6 nitrogen and oxygen atoms in total. The Labute approximate surface area is 156 Å². The molecule has 1 saturated heterocycles. The van der Waals surface area contributed by atoms with E-state index in [-0.39, 0.29) is 6.03 Å². The maximum Gasteiger partial charge on any atom is 0.317 e. The fraction of sp³-hybridized carbons (Fsp3) is 0.529. The zero-order valence-corrected chi connectivity index (χ0v) is 15.8. The summed E-state index contributed by atoms with van der Waals surface area (Å²) < 4.78 is 0. The molecule has 0 saturated carbocycles. The first kappa shape index (κ1) is 16.8. The second kappa shape index (κ2) is 7.72. The topological polar surface area (TPSA) is 51.7 Å². The number of thiophene rings is 1. The first-order valence-electron chi connectivity index (χ1n) is 8.74. The van der Waals surface area contributed by atoms with E-state index in [0.29, 0.717) is 6.54 Å². The Morgan fingerprint density at radius 2 is 2.04 bits per heavy atom. The van der Waals surface area contributed by atoms with E-state index in [1.54, 1.807) is 11.3 Å². The molecule has 8 heteroatoms. The number of carbonyl (C=O) groups is 1. The molecule has 4 rings (SSSR count). The van der Waals surface area contributed by atoms with Gasteiger partial charge in [0.1, 0.15) is 0 Å². The lowest BCUT2D eigenvalue weighted by molar-refractivity contribution is 0.190. The highest BCUT2D eigenvalue weighted by molar-refractivity contribution is 7.13. The number of carbonyl (C=O) groups excluding carboxylic acids is 1. The van der Waals surface area contributed by atoms with E-state index in [0.717, 1.165) is 57.4 Å². The van der Waals surface area contributed by atoms with Crippen molar-refractivity contribution in [2.75, 3.05) is 50.7 Å². The third-order valence-corrected chi connectivity index (χ3v) is 6.70. The summed E-state index contributed by atoms with van der Waals surface area (Å²) in [6.07, 6.45) is 2.97. The predicted octanol–water partition coefficient (Wildman–Crippen LogP) is 2.09. The number of rotatable bonds is 4. The third-order valence-electron chi connectivity index (χ3n) is 4.85. The normalized spacial score (nSPS) is 18.2. The van der Waals surface area contributed by atoms with Gasteiger partial charge in [-0.3, -0.25) is 4.90 Å². The number of hydrogen-bond acceptors (Lipinski definition) is 6. The molecule has 2 aliphatic rings. The third kappa shape index (κ3) is 3.96. The predicted molar refractivity (Wildman–Crippen MR) is 103 cm³/mol. The smallest absolute Gasteiger partial charge is 0.317 e. The highest BCUT2D eigenvalue weighted by atomic mass is 32.1. The molecule has 0 spiro atoms. The van der Waals surface area contributed by atoms with E-state index in [1.807, 2.05) is 27.8 Å². The molecule has 2 aliphatic heterocycles. The fourth-order valence-corrected chi connectivity index (χ4v) is 4.99. The van der Waals surface area contributed by atoms with Gasteiger partial charge in [-0.05, 0) is 23.4 Å². The SMILES string of the molecule is O=C(NCCN1CCc2sccc2C1)N1CCN(c2nccs2)CC1. The van der Waals surface area contributed by atoms with Crippen LogP contribution in [0.3, 0.4) is 0 Å². The minimum atomic E-state index is 0.0621. The second-order valence-corrected chi connectivity index (χ2v) is 8.29. The average molecular weight is 378 g/mol. The molecule has 1 fully saturated rings. The van der Waals surface area contributed by atoms with Crippen LogP contribution in [0, 0.1) is 0 Å². The van der Waals surface area contributed by atoms with Crippen LogP contribution in [0.5, 0.6) is 0 Å². The van der Waals surface area contributed by atoms with Gasteiger partial charge >= 0.3 is 6.03 Å². The molecule has 1 N–H and O–H groups in total. The Kier molecular flexibility index (Phi) is 5.19. The van der Waals surface area contributed by atoms with E-state index in [4.69, 9.17) is 0 Å². The summed E-state index contributed by atoms with van der Waals surface area (Å²) in [6, 6.07) is 2.29. The van der Waals surface area contributed by atoms with Crippen molar-refractivity contribution in [2.45, 2.75) is 13.0 Å². The van der Waals surface area contributed by atoms with E-state index in [9.17, 15) is 4.79 Å². The number of aromatic nitrogens is 1. The molecule has 25 heavy (non-hydrogen) atoms. The standard InChI is InChI=1S/C17H23N5OS2/c23-16(21-7-9-22(10-8-21)17-19-4-12-25-17)18-3-6-20-5-1-15-14(13-20)2-11-24-15/h2,4,11-12H,1,3,5-10,13H2,(H,18,23). The Hall–Kier alpha value is -1.64. The molecular weight excluding hydrogens is 354 g/mol. The van der Waals surface area contributed by atoms with Crippen LogP contribution >= 0.6 is 22.7 Å². The highest BCUT2D eigenvalue weighted by Gasteiger charge is 2.22. The van der Waals surface area contributed by atoms with E-state index in [1.165, 1.54) is 10.4 Å². The maximum absolute atomic E-state index is 12.4. The molecule has 0 radical (unpaired) electrons. The number of urea groups is 1. The first-order chi connectivity index (χ1) is 12.3. The lowest BCUT2D eigenvalue weighted by Crippen LogP contribution is -2.52. The lowest BCUT2D eigenvalue weighted by Gasteiger charge is -2.34. The van der Waals surface area contributed by atoms with Gasteiger partial charge in [0, 0.05) is 68.8 Å². The number of nitrogens with zero attached hydrogens (tertiary/aromatic N) is 4. The Balaban J connectivity index is 1.17. The van der Waals surface area contributed by atoms with Crippen LogP contribution in [0.15, 0.2) is 23.0 Å². The van der Waals surface area contributed by atoms with Crippen molar-refractivity contribution < 1.29 is 4.79 Å². The quantitative estimate of drug-likeness (QED) is 0.887. The van der Waals surface area contributed by atoms with Gasteiger partial charge in [-0.1, -0.05) is 0 Å². The van der Waals surface area contributed by atoms with E-state index in [2.05, 4.69) is 31.5 Å². The van der Waals surface area contributed by atoms with Crippen molar-refractivity contribution in [3.8, 4) is 0 Å². The van der Waals surface area contributed by atoms with Crippen molar-refractivity contribution in [1.29, 1.82) is 0 Å². The van der Waals surface area contributed by atoms with Gasteiger partial charge in [-0.15, -0.1) is 22.7 Å². The number of thiazole rings is 1. The van der Waals surface area contributed by atoms with Crippen LogP contribution in [0.1, 0.15) is 10.4 Å². The molecule has 4 heterocycles. The highest BCUT2D eigenvalue weighted by Crippen LogP contribution is 2.23. The summed E-state index contributed by atoms with van der Waals surface area (Å²) in [5.41, 5.74) is 1.46. The van der Waals surface area contributed by atoms with E-state index >= 15 is 0 Å². The van der Waals surface area contributed by atoms with Gasteiger partial charge in [-0.25, -0.2) is 9.78 Å². The van der Waals surface area contributed by atoms with Gasteiger partial charge in [-0.2, -0.15) is 0 Å². The van der Waals surface area contributed by atoms with Crippen LogP contribution in [0.4, 0.5) is 9.93 Å². The minimum Gasteiger partial charge on any atom is -0.345 e. The van der Waals surface area contributed by atoms with Gasteiger partial charge < -0.3 is 15.1 Å². The van der Waals surface area contributed by atoms with Gasteiger partial charge in [0.2, 0.25) is 0 Å². The summed E-state index contributed by atoms with van der Waals surface area (Å²) in [5, 5.41) is 8.31. The van der Waals surface area contributed by atoms with Crippen LogP contribution < -0.4 is 10.2 Å². The first-order valence-corrected chi connectivity index (χ1v) is 10.5. The zero-order chi connectivity index (χ0) is 17.1. The number of nitrogens with one attached hydrogen (secondary N) is 1. The van der Waals surface area contributed by atoms with Gasteiger partial charge in [0.05, 0.1) is 0 Å². The van der Waals surface area contributed by atoms with Crippen LogP contribution in [-0.4, -0.2) is 66.6 Å². The van der Waals surface area contributed by atoms with Crippen molar-refractivity contribution in [1.82, 2.24) is 20.1 Å². The summed E-state index contributed by atoms with van der Waals surface area (Å²) in [7, 11) is 0. The largest absolute Gasteiger partial charge is 0.345 e. The number of amides is 2. The zero-order valence-electron chi connectivity index (χ0n) is 14.2. The number of fused-ring (bicyclic) bond motifs is 1. The van der Waals surface area contributed by atoms with Crippen LogP contribution in [-0.2, 0) is 13.0 Å². The molecule has 2 amide bonds. The average Bonchev–Trinajstić information content (AvgIpc) is 3.33. The van der Waals surface area contributed by atoms with Crippen molar-refractivity contribution >= 4 is 33.8 Å². The van der Waals surface area contributed by atoms with E-state index < -0.39 is 0 Å². The van der Waals surface area contributed by atoms with Crippen molar-refractivity contribution in [2.24, 2.45) is 0 Å². The molecule has 0 bridgehead atoms. The Bertz CT molecular complexity index is 694. The van der Waals surface area contributed by atoms with Crippen LogP contribution in [0.2, 0.25) is 0 Å². The van der Waals surface area contributed by atoms with Gasteiger partial charge in [0.25, 0.3) is 0 Å². The lowest BCUT2D eigenvalue weighted by atomic mass is 10.1. The molecule has 0 atom stereocenters. The summed E-state index contributed by atoms with van der Waals surface area (Å²) in [6.45, 7) is 6.96. The fourth-order valence-electron chi connectivity index (χ4n) is 3.40. The molecule has 0 aliphatic carbocycles. The molecule has 134 valence electrons. The van der Waals surface area contributed by atoms with Crippen LogP contribution in [0.25, 0.3) is 0 Å². The van der Waals surface area contributed by atoms with Crippen molar-refractivity contribution in [3.63, 3.8) is 0 Å². The van der Waals surface area contributed by atoms with Crippen molar-refractivity contribution in [3.05, 3.63) is 33.5 Å². The Morgan fingerprint density at radius 1 is 1.16 bits per heavy atom. The number of anilines is 1. The summed E-state index contributed by atoms with van der Waals surface area (Å²) >= 11 is 3.52.